The number of rotatable bonds is 5. The highest BCUT2D eigenvalue weighted by Crippen LogP contribution is 2.51. The molecule has 7 nitrogen and oxygen atoms in total. The Morgan fingerprint density at radius 1 is 1.38 bits per heavy atom. The van der Waals surface area contributed by atoms with Crippen LogP contribution in [-0.2, 0) is 17.6 Å². The maximum absolute atomic E-state index is 15.8. The van der Waals surface area contributed by atoms with Crippen LogP contribution < -0.4 is 17.0 Å². The first-order valence-electron chi connectivity index (χ1n) is 11.2. The lowest BCUT2D eigenvalue weighted by molar-refractivity contribution is 0.216. The molecular formula is C23H28FN3O4S. The van der Waals surface area contributed by atoms with Gasteiger partial charge in [-0.1, -0.05) is 6.92 Å². The van der Waals surface area contributed by atoms with E-state index in [-0.39, 0.29) is 35.9 Å². The van der Waals surface area contributed by atoms with Gasteiger partial charge in [-0.2, -0.15) is 0 Å². The first kappa shape index (κ1) is 21.6. The van der Waals surface area contributed by atoms with Crippen molar-refractivity contribution < 1.29 is 14.2 Å². The van der Waals surface area contributed by atoms with Gasteiger partial charge in [0.15, 0.2) is 11.6 Å². The number of H-pyrrole nitrogens is 1. The van der Waals surface area contributed by atoms with E-state index in [9.17, 15) is 14.7 Å². The molecule has 2 heterocycles. The van der Waals surface area contributed by atoms with Gasteiger partial charge < -0.3 is 15.6 Å². The molecule has 32 heavy (non-hydrogen) atoms. The van der Waals surface area contributed by atoms with Gasteiger partial charge >= 0.3 is 5.69 Å². The molecule has 3 aliphatic carbocycles. The molecule has 2 aromatic heterocycles. The third kappa shape index (κ3) is 3.29. The predicted molar refractivity (Wildman–Crippen MR) is 121 cm³/mol. The molecule has 5 rings (SSSR count). The number of aliphatic hydroxyl groups excluding tert-OH is 1. The number of hydrogen-bond donors (Lipinski definition) is 3. The molecule has 1 fully saturated rings. The Morgan fingerprint density at radius 3 is 2.78 bits per heavy atom. The van der Waals surface area contributed by atoms with Crippen LogP contribution in [-0.4, -0.2) is 34.4 Å². The van der Waals surface area contributed by atoms with Crippen molar-refractivity contribution in [1.82, 2.24) is 9.55 Å². The summed E-state index contributed by atoms with van der Waals surface area (Å²) in [6.45, 7) is 1.84. The summed E-state index contributed by atoms with van der Waals surface area (Å²) in [5, 5.41) is 9.44. The minimum atomic E-state index is -0.621. The van der Waals surface area contributed by atoms with Crippen LogP contribution in [0.2, 0.25) is 0 Å². The zero-order valence-corrected chi connectivity index (χ0v) is 19.0. The topological polar surface area (TPSA) is 110 Å². The van der Waals surface area contributed by atoms with Crippen molar-refractivity contribution in [2.24, 2.45) is 11.7 Å². The number of halogens is 1. The number of aliphatic hydroxyl groups is 1. The second-order valence-electron chi connectivity index (χ2n) is 9.21. The van der Waals surface area contributed by atoms with Crippen molar-refractivity contribution in [1.29, 1.82) is 0 Å². The molecule has 9 heteroatoms. The lowest BCUT2D eigenvalue weighted by Crippen LogP contribution is -2.38. The van der Waals surface area contributed by atoms with Crippen LogP contribution in [0.5, 0.6) is 0 Å². The molecule has 3 aliphatic rings. The van der Waals surface area contributed by atoms with Crippen LogP contribution in [0, 0.1) is 5.92 Å². The third-order valence-corrected chi connectivity index (χ3v) is 8.53. The predicted octanol–water partition coefficient (Wildman–Crippen LogP) is 2.54. The van der Waals surface area contributed by atoms with E-state index in [4.69, 9.17) is 10.5 Å². The van der Waals surface area contributed by atoms with Crippen molar-refractivity contribution in [3.05, 3.63) is 59.3 Å². The van der Waals surface area contributed by atoms with E-state index in [1.165, 1.54) is 12.0 Å². The number of aryl methyl sites for hydroxylation is 1. The summed E-state index contributed by atoms with van der Waals surface area (Å²) in [5.41, 5.74) is 6.88. The zero-order valence-electron chi connectivity index (χ0n) is 18.2. The average Bonchev–Trinajstić information content (AvgIpc) is 3.52. The molecular weight excluding hydrogens is 433 g/mol. The second kappa shape index (κ2) is 7.97. The van der Waals surface area contributed by atoms with Crippen molar-refractivity contribution in [2.45, 2.75) is 62.9 Å². The highest BCUT2D eigenvalue weighted by molar-refractivity contribution is 7.12. The van der Waals surface area contributed by atoms with Crippen LogP contribution >= 0.6 is 11.3 Å². The summed E-state index contributed by atoms with van der Waals surface area (Å²) in [4.78, 5) is 29.8. The molecule has 0 bridgehead atoms. The summed E-state index contributed by atoms with van der Waals surface area (Å²) < 4.78 is 22.9. The number of allylic oxidation sites excluding steroid dienone is 1. The largest absolute Gasteiger partial charge is 0.493 e. The minimum Gasteiger partial charge on any atom is -0.493 e. The number of hydrogen-bond acceptors (Lipinski definition) is 6. The molecule has 1 saturated carbocycles. The lowest BCUT2D eigenvalue weighted by Gasteiger charge is -2.32. The Bertz CT molecular complexity index is 1210. The van der Waals surface area contributed by atoms with Gasteiger partial charge in [-0.3, -0.25) is 14.3 Å². The van der Waals surface area contributed by atoms with Gasteiger partial charge in [0.05, 0.1) is 19.6 Å². The van der Waals surface area contributed by atoms with Crippen LogP contribution in [0.1, 0.15) is 70.6 Å². The van der Waals surface area contributed by atoms with Crippen LogP contribution in [0.3, 0.4) is 0 Å². The maximum Gasteiger partial charge on any atom is 0.328 e. The molecule has 0 saturated heterocycles. The van der Waals surface area contributed by atoms with Gasteiger partial charge in [-0.05, 0) is 49.7 Å². The summed E-state index contributed by atoms with van der Waals surface area (Å²) in [6.07, 6.45) is 4.25. The fourth-order valence-electron chi connectivity index (χ4n) is 5.38. The van der Waals surface area contributed by atoms with Crippen LogP contribution in [0.25, 0.3) is 5.76 Å². The molecule has 0 radical (unpaired) electrons. The molecule has 0 spiro atoms. The monoisotopic (exact) mass is 461 g/mol. The SMILES string of the molecule is COC1=C(F)C(c2cc3c(s2)CCC(C(N)CO)C3)C(C)c2c1c(=O)[nH]c(=O)n2C1CC1. The first-order valence-corrected chi connectivity index (χ1v) is 12.0. The Labute approximate surface area is 188 Å². The number of nitrogens with zero attached hydrogens (tertiary/aromatic N) is 1. The number of nitrogens with two attached hydrogens (primary N) is 1. The summed E-state index contributed by atoms with van der Waals surface area (Å²) in [6, 6.07) is 1.82. The van der Waals surface area contributed by atoms with Crippen LogP contribution in [0.4, 0.5) is 4.39 Å². The minimum absolute atomic E-state index is 0.0349. The van der Waals surface area contributed by atoms with Gasteiger partial charge in [0.1, 0.15) is 5.56 Å². The van der Waals surface area contributed by atoms with Gasteiger partial charge in [0.2, 0.25) is 0 Å². The number of aromatic nitrogens is 2. The maximum atomic E-state index is 15.8. The van der Waals surface area contributed by atoms with Gasteiger partial charge in [-0.15, -0.1) is 11.3 Å². The molecule has 0 amide bonds. The second-order valence-corrected chi connectivity index (χ2v) is 10.4. The van der Waals surface area contributed by atoms with Gasteiger partial charge in [0.25, 0.3) is 5.56 Å². The van der Waals surface area contributed by atoms with Gasteiger partial charge in [0, 0.05) is 33.4 Å². The van der Waals surface area contributed by atoms with E-state index >= 15 is 4.39 Å². The smallest absolute Gasteiger partial charge is 0.328 e. The van der Waals surface area contributed by atoms with Crippen molar-refractivity contribution >= 4 is 17.1 Å². The highest BCUT2D eigenvalue weighted by atomic mass is 32.1. The van der Waals surface area contributed by atoms with Crippen LogP contribution in [0.15, 0.2) is 21.5 Å². The summed E-state index contributed by atoms with van der Waals surface area (Å²) in [7, 11) is 1.36. The van der Waals surface area contributed by atoms with Crippen molar-refractivity contribution in [3.8, 4) is 0 Å². The van der Waals surface area contributed by atoms with E-state index < -0.39 is 28.9 Å². The average molecular weight is 462 g/mol. The number of aromatic amines is 1. The molecule has 2 aromatic rings. The fourth-order valence-corrected chi connectivity index (χ4v) is 6.79. The van der Waals surface area contributed by atoms with E-state index in [0.717, 1.165) is 42.5 Å². The molecule has 4 N–H and O–H groups in total. The Kier molecular flexibility index (Phi) is 5.38. The number of thiophene rings is 1. The molecule has 172 valence electrons. The summed E-state index contributed by atoms with van der Waals surface area (Å²) >= 11 is 1.59. The van der Waals surface area contributed by atoms with E-state index in [0.29, 0.717) is 5.69 Å². The summed E-state index contributed by atoms with van der Waals surface area (Å²) in [5.74, 6) is -1.36. The molecule has 0 aliphatic heterocycles. The zero-order chi connectivity index (χ0) is 22.7. The first-order chi connectivity index (χ1) is 15.3. The Morgan fingerprint density at radius 2 is 2.12 bits per heavy atom. The fraction of sp³-hybridized carbons (Fsp3) is 0.565. The quantitative estimate of drug-likeness (QED) is 0.634. The van der Waals surface area contributed by atoms with E-state index in [1.54, 1.807) is 15.9 Å². The standard InChI is InChI=1S/C23H28FN3O4S/c1-10-17(16-8-12-7-11(14(25)9-28)3-6-15(12)32-16)19(24)21(31-2)18-20(10)27(13-4-5-13)23(30)26-22(18)29/h8,10-11,13-14,17,28H,3-7,9,25H2,1-2H3,(H,26,29,30). The lowest BCUT2D eigenvalue weighted by atomic mass is 9.79. The third-order valence-electron chi connectivity index (χ3n) is 7.21. The molecule has 4 atom stereocenters. The van der Waals surface area contributed by atoms with Gasteiger partial charge in [-0.25, -0.2) is 9.18 Å². The number of ether oxygens (including phenoxy) is 1. The Balaban J connectivity index is 1.62. The molecule has 4 unspecified atom stereocenters. The number of nitrogens with one attached hydrogen (secondary N) is 1. The normalized spacial score (nSPS) is 26.0. The highest BCUT2D eigenvalue weighted by Gasteiger charge is 2.43. The molecule has 0 aromatic carbocycles. The van der Waals surface area contributed by atoms with Crippen molar-refractivity contribution in [2.75, 3.05) is 13.7 Å². The number of methoxy groups -OCH3 is 1. The number of fused-ring (bicyclic) bond motifs is 2. The van der Waals surface area contributed by atoms with E-state index in [2.05, 4.69) is 4.98 Å². The van der Waals surface area contributed by atoms with E-state index in [1.807, 2.05) is 13.0 Å². The Hall–Kier alpha value is -2.23. The van der Waals surface area contributed by atoms with Crippen molar-refractivity contribution in [3.63, 3.8) is 0 Å².